The van der Waals surface area contributed by atoms with Gasteiger partial charge < -0.3 is 30.7 Å². The van der Waals surface area contributed by atoms with Gasteiger partial charge in [0.1, 0.15) is 11.5 Å². The molecule has 52 heavy (non-hydrogen) atoms. The number of aryl methyl sites for hydroxylation is 1. The van der Waals surface area contributed by atoms with Crippen molar-refractivity contribution in [1.29, 1.82) is 0 Å². The third-order valence-corrected chi connectivity index (χ3v) is 8.05. The number of amides is 4. The summed E-state index contributed by atoms with van der Waals surface area (Å²) in [6.45, 7) is 8.31. The summed E-state index contributed by atoms with van der Waals surface area (Å²) in [5.74, 6) is 14.2. The van der Waals surface area contributed by atoms with Gasteiger partial charge in [-0.1, -0.05) is 68.2 Å². The number of ether oxygens (including phenoxy) is 2. The summed E-state index contributed by atoms with van der Waals surface area (Å²) >= 11 is 6.53. The number of hydrogen-bond donors (Lipinski definition) is 4. The third-order valence-electron chi connectivity index (χ3n) is 7.83. The monoisotopic (exact) mass is 710 g/mol. The normalized spacial score (nSPS) is 10.4. The molecule has 0 aliphatic carbocycles. The lowest BCUT2D eigenvalue weighted by Crippen LogP contribution is -2.20. The lowest BCUT2D eigenvalue weighted by atomic mass is 9.86. The summed E-state index contributed by atoms with van der Waals surface area (Å²) in [5.41, 5.74) is 6.85. The van der Waals surface area contributed by atoms with Crippen molar-refractivity contribution < 1.29 is 19.1 Å². The van der Waals surface area contributed by atoms with Crippen LogP contribution in [-0.2, 0) is 5.41 Å². The fourth-order valence-electron chi connectivity index (χ4n) is 5.02. The first-order valence-corrected chi connectivity index (χ1v) is 16.8. The SMILES string of the molecule is COc1ccc(NC(=O)Nc2ccc(C)cc2C#Cc2cc(Cl)cc(C#Cc3cc(C(C)(C)C)ccc3NC(=O)Nc3ccc(OC)cc3)c2)cc1. The first-order chi connectivity index (χ1) is 24.9. The van der Waals surface area contributed by atoms with Crippen LogP contribution in [0.25, 0.3) is 0 Å². The molecule has 262 valence electrons. The highest BCUT2D eigenvalue weighted by Crippen LogP contribution is 2.27. The molecule has 0 aromatic heterocycles. The zero-order valence-corrected chi connectivity index (χ0v) is 30.6. The predicted molar refractivity (Wildman–Crippen MR) is 211 cm³/mol. The Kier molecular flexibility index (Phi) is 11.8. The lowest BCUT2D eigenvalue weighted by Gasteiger charge is -2.20. The van der Waals surface area contributed by atoms with Gasteiger partial charge in [0.25, 0.3) is 0 Å². The second kappa shape index (κ2) is 16.6. The molecule has 5 aromatic carbocycles. The van der Waals surface area contributed by atoms with E-state index in [2.05, 4.69) is 65.7 Å². The van der Waals surface area contributed by atoms with Gasteiger partial charge in [0.05, 0.1) is 25.6 Å². The lowest BCUT2D eigenvalue weighted by molar-refractivity contribution is 0.261. The molecule has 5 aromatic rings. The highest BCUT2D eigenvalue weighted by Gasteiger charge is 2.16. The van der Waals surface area contributed by atoms with Gasteiger partial charge in [-0.3, -0.25) is 0 Å². The van der Waals surface area contributed by atoms with Crippen molar-refractivity contribution in [3.05, 3.63) is 142 Å². The quantitative estimate of drug-likeness (QED) is 0.132. The van der Waals surface area contributed by atoms with Crippen LogP contribution in [0.1, 0.15) is 54.2 Å². The van der Waals surface area contributed by atoms with Crippen LogP contribution in [0.5, 0.6) is 11.5 Å². The van der Waals surface area contributed by atoms with Gasteiger partial charge in [-0.05, 0) is 114 Å². The number of carbonyl (C=O) groups is 2. The van der Waals surface area contributed by atoms with Gasteiger partial charge >= 0.3 is 12.1 Å². The number of methoxy groups -OCH3 is 2. The Bertz CT molecular complexity index is 2220. The summed E-state index contributed by atoms with van der Waals surface area (Å²) in [7, 11) is 3.17. The van der Waals surface area contributed by atoms with Gasteiger partial charge in [0.2, 0.25) is 0 Å². The van der Waals surface area contributed by atoms with Crippen LogP contribution in [-0.4, -0.2) is 26.3 Å². The van der Waals surface area contributed by atoms with E-state index in [1.807, 2.05) is 49.4 Å². The number of halogens is 1. The molecule has 0 heterocycles. The Morgan fingerprint density at radius 2 is 1.04 bits per heavy atom. The van der Waals surface area contributed by atoms with E-state index in [0.29, 0.717) is 61.5 Å². The molecule has 0 saturated heterocycles. The van der Waals surface area contributed by atoms with Crippen LogP contribution >= 0.6 is 11.6 Å². The van der Waals surface area contributed by atoms with Crippen molar-refractivity contribution in [1.82, 2.24) is 0 Å². The molecular formula is C43H39ClN4O4. The van der Waals surface area contributed by atoms with Crippen LogP contribution in [0, 0.1) is 30.6 Å². The molecule has 0 saturated carbocycles. The fourth-order valence-corrected chi connectivity index (χ4v) is 5.26. The number of carbonyl (C=O) groups excluding carboxylic acids is 2. The molecule has 0 bridgehead atoms. The van der Waals surface area contributed by atoms with Crippen molar-refractivity contribution in [2.24, 2.45) is 0 Å². The Hall–Kier alpha value is -6.35. The van der Waals surface area contributed by atoms with E-state index in [-0.39, 0.29) is 5.41 Å². The van der Waals surface area contributed by atoms with Crippen LogP contribution < -0.4 is 30.7 Å². The molecule has 0 atom stereocenters. The van der Waals surface area contributed by atoms with Crippen molar-refractivity contribution in [2.75, 3.05) is 35.5 Å². The van der Waals surface area contributed by atoms with Crippen LogP contribution in [0.3, 0.4) is 0 Å². The van der Waals surface area contributed by atoms with E-state index in [1.54, 1.807) is 74.9 Å². The smallest absolute Gasteiger partial charge is 0.323 e. The number of rotatable bonds is 6. The Labute approximate surface area is 309 Å². The number of hydrogen-bond acceptors (Lipinski definition) is 4. The molecule has 0 aliphatic heterocycles. The number of nitrogens with one attached hydrogen (secondary N) is 4. The molecule has 8 nitrogen and oxygen atoms in total. The van der Waals surface area contributed by atoms with Gasteiger partial charge in [0.15, 0.2) is 0 Å². The zero-order chi connectivity index (χ0) is 37.3. The summed E-state index contributed by atoms with van der Waals surface area (Å²) < 4.78 is 10.4. The minimum Gasteiger partial charge on any atom is -0.497 e. The first kappa shape index (κ1) is 36.9. The highest BCUT2D eigenvalue weighted by atomic mass is 35.5. The molecule has 0 fully saturated rings. The zero-order valence-electron chi connectivity index (χ0n) is 29.8. The van der Waals surface area contributed by atoms with Crippen molar-refractivity contribution >= 4 is 46.4 Å². The second-order valence-corrected chi connectivity index (χ2v) is 13.3. The Morgan fingerprint density at radius 3 is 1.50 bits per heavy atom. The topological polar surface area (TPSA) is 101 Å². The Balaban J connectivity index is 1.38. The molecule has 4 amide bonds. The highest BCUT2D eigenvalue weighted by molar-refractivity contribution is 6.30. The van der Waals surface area contributed by atoms with Gasteiger partial charge in [-0.2, -0.15) is 0 Å². The van der Waals surface area contributed by atoms with Crippen LogP contribution in [0.15, 0.2) is 103 Å². The third kappa shape index (κ3) is 10.3. The molecule has 4 N–H and O–H groups in total. The molecule has 9 heteroatoms. The van der Waals surface area contributed by atoms with Gasteiger partial charge in [-0.15, -0.1) is 0 Å². The molecular weight excluding hydrogens is 672 g/mol. The largest absolute Gasteiger partial charge is 0.497 e. The fraction of sp³-hybridized carbons (Fsp3) is 0.163. The minimum absolute atomic E-state index is 0.140. The van der Waals surface area contributed by atoms with Crippen molar-refractivity contribution in [2.45, 2.75) is 33.1 Å². The summed E-state index contributed by atoms with van der Waals surface area (Å²) in [4.78, 5) is 25.8. The van der Waals surface area contributed by atoms with Crippen molar-refractivity contribution in [3.8, 4) is 35.2 Å². The first-order valence-electron chi connectivity index (χ1n) is 16.4. The maximum absolute atomic E-state index is 13.0. The van der Waals surface area contributed by atoms with E-state index in [1.165, 1.54) is 0 Å². The van der Waals surface area contributed by atoms with Gasteiger partial charge in [0, 0.05) is 38.7 Å². The van der Waals surface area contributed by atoms with E-state index >= 15 is 0 Å². The molecule has 5 rings (SSSR count). The average Bonchev–Trinajstić information content (AvgIpc) is 3.11. The molecule has 0 spiro atoms. The molecule has 0 radical (unpaired) electrons. The maximum atomic E-state index is 13.0. The van der Waals surface area contributed by atoms with E-state index < -0.39 is 12.1 Å². The predicted octanol–water partition coefficient (Wildman–Crippen LogP) is 10.1. The maximum Gasteiger partial charge on any atom is 0.323 e. The number of anilines is 4. The molecule has 0 aliphatic rings. The van der Waals surface area contributed by atoms with Gasteiger partial charge in [-0.25, -0.2) is 9.59 Å². The summed E-state index contributed by atoms with van der Waals surface area (Å²) in [6.07, 6.45) is 0. The van der Waals surface area contributed by atoms with Crippen molar-refractivity contribution in [3.63, 3.8) is 0 Å². The number of urea groups is 2. The minimum atomic E-state index is -0.403. The Morgan fingerprint density at radius 1 is 0.577 bits per heavy atom. The van der Waals surface area contributed by atoms with E-state index in [0.717, 1.165) is 11.1 Å². The standard InChI is InChI=1S/C43H39ClN4O4/c1-28-7-21-39(47-41(49)45-35-13-17-37(51-5)18-14-35)31(23-28)10-8-29-24-30(26-34(44)25-29)9-11-32-27-33(43(2,3)4)12-22-40(32)48-42(50)46-36-15-19-38(52-6)20-16-36/h7,12-27H,1-6H3,(H2,45,47,49)(H2,46,48,50). The number of benzene rings is 5. The van der Waals surface area contributed by atoms with E-state index in [9.17, 15) is 9.59 Å². The van der Waals surface area contributed by atoms with E-state index in [4.69, 9.17) is 21.1 Å². The molecule has 0 unspecified atom stereocenters. The van der Waals surface area contributed by atoms with Crippen LogP contribution in [0.4, 0.5) is 32.3 Å². The van der Waals surface area contributed by atoms with Crippen LogP contribution in [0.2, 0.25) is 5.02 Å². The second-order valence-electron chi connectivity index (χ2n) is 12.9. The summed E-state index contributed by atoms with van der Waals surface area (Å²) in [6, 6.07) is 30.1. The summed E-state index contributed by atoms with van der Waals surface area (Å²) in [5, 5.41) is 12.0. The average molecular weight is 711 g/mol.